The van der Waals surface area contributed by atoms with E-state index in [-0.39, 0.29) is 11.4 Å². The zero-order valence-corrected chi connectivity index (χ0v) is 14.6. The van der Waals surface area contributed by atoms with E-state index in [1.165, 1.54) is 13.2 Å². The lowest BCUT2D eigenvalue weighted by molar-refractivity contribution is -0.141. The highest BCUT2D eigenvalue weighted by molar-refractivity contribution is 9.10. The molecule has 0 unspecified atom stereocenters. The number of esters is 1. The highest BCUT2D eigenvalue weighted by Crippen LogP contribution is 2.21. The van der Waals surface area contributed by atoms with Gasteiger partial charge in [0.05, 0.1) is 18.6 Å². The van der Waals surface area contributed by atoms with Gasteiger partial charge < -0.3 is 10.1 Å². The first-order chi connectivity index (χ1) is 10.3. The van der Waals surface area contributed by atoms with Crippen molar-refractivity contribution >= 4 is 37.8 Å². The minimum atomic E-state index is -3.81. The molecule has 0 aliphatic heterocycles. The zero-order chi connectivity index (χ0) is 16.8. The maximum absolute atomic E-state index is 12.2. The summed E-state index contributed by atoms with van der Waals surface area (Å²) in [6.07, 6.45) is 0.532. The highest BCUT2D eigenvalue weighted by atomic mass is 79.9. The average molecular weight is 393 g/mol. The van der Waals surface area contributed by atoms with Crippen LogP contribution in [0, 0.1) is 0 Å². The lowest BCUT2D eigenvalue weighted by Crippen LogP contribution is -2.39. The third-order valence-electron chi connectivity index (χ3n) is 2.77. The van der Waals surface area contributed by atoms with Crippen molar-refractivity contribution in [1.82, 2.24) is 10.0 Å². The number of benzene rings is 1. The number of rotatable bonds is 7. The van der Waals surface area contributed by atoms with E-state index in [0.717, 1.165) is 4.47 Å². The molecule has 7 nitrogen and oxygen atoms in total. The Bertz CT molecular complexity index is 660. The van der Waals surface area contributed by atoms with Gasteiger partial charge in [-0.1, -0.05) is 22.9 Å². The van der Waals surface area contributed by atoms with E-state index in [1.54, 1.807) is 12.1 Å². The Labute approximate surface area is 137 Å². The quantitative estimate of drug-likeness (QED) is 0.660. The normalized spacial score (nSPS) is 11.0. The van der Waals surface area contributed by atoms with Crippen LogP contribution < -0.4 is 10.0 Å². The minimum Gasteiger partial charge on any atom is -0.468 e. The summed E-state index contributed by atoms with van der Waals surface area (Å²) in [5, 5.41) is 2.25. The summed E-state index contributed by atoms with van der Waals surface area (Å²) in [4.78, 5) is 22.5. The van der Waals surface area contributed by atoms with Crippen LogP contribution in [0.3, 0.4) is 0 Å². The molecule has 0 radical (unpaired) electrons. The first kappa shape index (κ1) is 18.6. The Balaban J connectivity index is 2.72. The van der Waals surface area contributed by atoms with Crippen LogP contribution in [0.4, 0.5) is 0 Å². The van der Waals surface area contributed by atoms with Crippen LogP contribution in [0.15, 0.2) is 27.6 Å². The van der Waals surface area contributed by atoms with E-state index < -0.39 is 28.4 Å². The summed E-state index contributed by atoms with van der Waals surface area (Å²) in [5.41, 5.74) is 0.636. The number of hydrogen-bond acceptors (Lipinski definition) is 5. The molecule has 0 spiro atoms. The molecule has 0 saturated carbocycles. The molecule has 122 valence electrons. The van der Waals surface area contributed by atoms with Gasteiger partial charge in [-0.05, 0) is 30.2 Å². The predicted octanol–water partition coefficient (Wildman–Crippen LogP) is 0.579. The molecule has 0 atom stereocenters. The Morgan fingerprint density at radius 3 is 2.55 bits per heavy atom. The van der Waals surface area contributed by atoms with Crippen LogP contribution in [0.25, 0.3) is 0 Å². The Morgan fingerprint density at radius 1 is 1.27 bits per heavy atom. The lowest BCUT2D eigenvalue weighted by atomic mass is 10.2. The summed E-state index contributed by atoms with van der Waals surface area (Å²) in [6, 6.07) is 4.80. The van der Waals surface area contributed by atoms with Crippen LogP contribution in [-0.2, 0) is 30.8 Å². The number of hydrogen-bond donors (Lipinski definition) is 2. The van der Waals surface area contributed by atoms with Gasteiger partial charge in [-0.3, -0.25) is 9.59 Å². The fraction of sp³-hybridized carbons (Fsp3) is 0.385. The van der Waals surface area contributed by atoms with Crippen LogP contribution in [-0.4, -0.2) is 40.5 Å². The molecular formula is C13H17BrN2O5S. The molecule has 0 fully saturated rings. The Kier molecular flexibility index (Phi) is 6.98. The molecule has 1 aromatic carbocycles. The van der Waals surface area contributed by atoms with Gasteiger partial charge in [0.15, 0.2) is 0 Å². The molecule has 1 aromatic rings. The molecule has 0 heterocycles. The van der Waals surface area contributed by atoms with Crippen LogP contribution >= 0.6 is 15.9 Å². The molecule has 2 N–H and O–H groups in total. The second-order valence-corrected chi connectivity index (χ2v) is 6.93. The first-order valence-corrected chi connectivity index (χ1v) is 8.69. The van der Waals surface area contributed by atoms with Gasteiger partial charge in [-0.15, -0.1) is 0 Å². The van der Waals surface area contributed by atoms with E-state index in [9.17, 15) is 18.0 Å². The fourth-order valence-corrected chi connectivity index (χ4v) is 3.31. The number of carbonyl (C=O) groups is 2. The van der Waals surface area contributed by atoms with Gasteiger partial charge in [-0.25, -0.2) is 13.1 Å². The van der Waals surface area contributed by atoms with Crippen molar-refractivity contribution < 1.29 is 22.7 Å². The van der Waals surface area contributed by atoms with E-state index in [4.69, 9.17) is 0 Å². The van der Waals surface area contributed by atoms with Crippen LogP contribution in [0.1, 0.15) is 12.5 Å². The molecule has 1 amide bonds. The minimum absolute atomic E-state index is 0.124. The Morgan fingerprint density at radius 2 is 1.95 bits per heavy atom. The summed E-state index contributed by atoms with van der Waals surface area (Å²) in [7, 11) is -2.62. The third-order valence-corrected chi connectivity index (χ3v) is 4.77. The van der Waals surface area contributed by atoms with Gasteiger partial charge in [-0.2, -0.15) is 0 Å². The smallest absolute Gasteiger partial charge is 0.325 e. The molecule has 1 rings (SSSR count). The zero-order valence-electron chi connectivity index (χ0n) is 12.2. The predicted molar refractivity (Wildman–Crippen MR) is 83.7 cm³/mol. The Hall–Kier alpha value is -1.45. The number of aryl methyl sites for hydroxylation is 1. The average Bonchev–Trinajstić information content (AvgIpc) is 2.50. The number of halogens is 1. The lowest BCUT2D eigenvalue weighted by Gasteiger charge is -2.11. The van der Waals surface area contributed by atoms with Gasteiger partial charge in [0.25, 0.3) is 0 Å². The summed E-state index contributed by atoms with van der Waals surface area (Å²) < 4.78 is 31.8. The van der Waals surface area contributed by atoms with Crippen molar-refractivity contribution in [2.24, 2.45) is 0 Å². The molecular weight excluding hydrogens is 376 g/mol. The van der Waals surface area contributed by atoms with E-state index >= 15 is 0 Å². The topological polar surface area (TPSA) is 102 Å². The highest BCUT2D eigenvalue weighted by Gasteiger charge is 2.19. The van der Waals surface area contributed by atoms with E-state index in [0.29, 0.717) is 12.0 Å². The van der Waals surface area contributed by atoms with Crippen molar-refractivity contribution in [3.05, 3.63) is 28.2 Å². The van der Waals surface area contributed by atoms with Gasteiger partial charge >= 0.3 is 5.97 Å². The molecule has 0 bridgehead atoms. The molecule has 0 aliphatic carbocycles. The fourth-order valence-electron chi connectivity index (χ4n) is 1.63. The number of ether oxygens (including phenoxy) is 1. The van der Waals surface area contributed by atoms with E-state index in [1.807, 2.05) is 6.92 Å². The van der Waals surface area contributed by atoms with Crippen molar-refractivity contribution in [3.8, 4) is 0 Å². The number of amides is 1. The molecule has 9 heteroatoms. The van der Waals surface area contributed by atoms with Gasteiger partial charge in [0.2, 0.25) is 15.9 Å². The van der Waals surface area contributed by atoms with Crippen LogP contribution in [0.2, 0.25) is 0 Å². The SMILES string of the molecule is CCc1cc(Br)ccc1S(=O)(=O)NCC(=O)NCC(=O)OC. The summed E-state index contributed by atoms with van der Waals surface area (Å²) in [6.45, 7) is 1.07. The standard InChI is InChI=1S/C13H17BrN2O5S/c1-3-9-6-10(14)4-5-11(9)22(19,20)16-7-12(17)15-8-13(18)21-2/h4-6,16H,3,7-8H2,1-2H3,(H,15,17). The second kappa shape index (κ2) is 8.25. The van der Waals surface area contributed by atoms with Crippen molar-refractivity contribution in [3.63, 3.8) is 0 Å². The number of sulfonamides is 1. The van der Waals surface area contributed by atoms with Gasteiger partial charge in [0.1, 0.15) is 6.54 Å². The van der Waals surface area contributed by atoms with E-state index in [2.05, 4.69) is 30.7 Å². The number of methoxy groups -OCH3 is 1. The monoisotopic (exact) mass is 392 g/mol. The summed E-state index contributed by atoms with van der Waals surface area (Å²) >= 11 is 3.28. The maximum atomic E-state index is 12.2. The number of nitrogens with one attached hydrogen (secondary N) is 2. The second-order valence-electron chi connectivity index (χ2n) is 4.28. The van der Waals surface area contributed by atoms with Crippen molar-refractivity contribution in [2.45, 2.75) is 18.2 Å². The molecule has 0 aromatic heterocycles. The first-order valence-electron chi connectivity index (χ1n) is 6.41. The number of carbonyl (C=O) groups excluding carboxylic acids is 2. The molecule has 0 saturated heterocycles. The van der Waals surface area contributed by atoms with Crippen molar-refractivity contribution in [2.75, 3.05) is 20.2 Å². The largest absolute Gasteiger partial charge is 0.468 e. The van der Waals surface area contributed by atoms with Crippen LogP contribution in [0.5, 0.6) is 0 Å². The molecule has 0 aliphatic rings. The third kappa shape index (κ3) is 5.39. The van der Waals surface area contributed by atoms with Gasteiger partial charge in [0, 0.05) is 4.47 Å². The maximum Gasteiger partial charge on any atom is 0.325 e. The summed E-state index contributed by atoms with van der Waals surface area (Å²) in [5.74, 6) is -1.23. The van der Waals surface area contributed by atoms with Crippen molar-refractivity contribution in [1.29, 1.82) is 0 Å². The molecule has 22 heavy (non-hydrogen) atoms.